The molecule has 0 aliphatic carbocycles. The molecule has 2 N–H and O–H groups in total. The van der Waals surface area contributed by atoms with Crippen LogP contribution in [0.5, 0.6) is 0 Å². The quantitative estimate of drug-likeness (QED) is 0.762. The van der Waals surface area contributed by atoms with Crippen molar-refractivity contribution in [2.24, 2.45) is 5.73 Å². The average Bonchev–Trinajstić information content (AvgIpc) is 2.77. The largest absolute Gasteiger partial charge is 0.319 e. The first-order chi connectivity index (χ1) is 9.18. The van der Waals surface area contributed by atoms with Crippen LogP contribution in [0.3, 0.4) is 0 Å². The topological polar surface area (TPSA) is 56.2 Å². The van der Waals surface area contributed by atoms with Crippen LogP contribution in [0.1, 0.15) is 28.6 Å². The summed E-state index contributed by atoms with van der Waals surface area (Å²) in [5.74, 6) is 0. The molecule has 4 heteroatoms. The zero-order chi connectivity index (χ0) is 13.4. The fourth-order valence-corrected chi connectivity index (χ4v) is 2.44. The zero-order valence-electron chi connectivity index (χ0n) is 11.0. The number of fused-ring (bicyclic) bond motifs is 1. The van der Waals surface area contributed by atoms with Crippen molar-refractivity contribution < 1.29 is 0 Å². The van der Waals surface area contributed by atoms with Gasteiger partial charge in [-0.2, -0.15) is 0 Å². The van der Waals surface area contributed by atoms with E-state index in [0.29, 0.717) is 0 Å². The van der Waals surface area contributed by atoms with E-state index in [4.69, 9.17) is 5.73 Å². The molecule has 19 heavy (non-hydrogen) atoms. The van der Waals surface area contributed by atoms with Crippen molar-refractivity contribution in [3.05, 3.63) is 65.4 Å². The van der Waals surface area contributed by atoms with Crippen LogP contribution in [0.25, 0.3) is 5.65 Å². The Morgan fingerprint density at radius 2 is 1.89 bits per heavy atom. The molecule has 0 saturated carbocycles. The fourth-order valence-electron chi connectivity index (χ4n) is 2.44. The molecule has 0 aliphatic rings. The molecule has 3 aromatic heterocycles. The Bertz CT molecular complexity index is 716. The summed E-state index contributed by atoms with van der Waals surface area (Å²) >= 11 is 0. The average molecular weight is 252 g/mol. The van der Waals surface area contributed by atoms with E-state index >= 15 is 0 Å². The van der Waals surface area contributed by atoms with Crippen LogP contribution in [-0.4, -0.2) is 14.4 Å². The molecule has 1 unspecified atom stereocenters. The van der Waals surface area contributed by atoms with Gasteiger partial charge in [0, 0.05) is 18.6 Å². The maximum absolute atomic E-state index is 6.39. The summed E-state index contributed by atoms with van der Waals surface area (Å²) in [5, 5.41) is 0. The molecule has 3 rings (SSSR count). The van der Waals surface area contributed by atoms with Gasteiger partial charge in [0.05, 0.1) is 17.4 Å². The standard InChI is InChI=1S/C15H16N4/c1-10-4-3-9-19-14(11(2)18-15(10)19)13(16)12-5-7-17-8-6-12/h3-9,13H,16H2,1-2H3. The second-order valence-electron chi connectivity index (χ2n) is 4.73. The molecule has 0 aliphatic heterocycles. The van der Waals surface area contributed by atoms with Gasteiger partial charge in [-0.05, 0) is 43.2 Å². The van der Waals surface area contributed by atoms with Gasteiger partial charge >= 0.3 is 0 Å². The summed E-state index contributed by atoms with van der Waals surface area (Å²) in [6, 6.07) is 7.77. The Hall–Kier alpha value is -2.20. The van der Waals surface area contributed by atoms with Gasteiger partial charge in [-0.3, -0.25) is 4.98 Å². The van der Waals surface area contributed by atoms with Crippen molar-refractivity contribution in [1.29, 1.82) is 0 Å². The van der Waals surface area contributed by atoms with Crippen molar-refractivity contribution in [2.75, 3.05) is 0 Å². The number of aryl methyl sites for hydroxylation is 2. The van der Waals surface area contributed by atoms with Crippen LogP contribution in [0.2, 0.25) is 0 Å². The van der Waals surface area contributed by atoms with Gasteiger partial charge in [0.1, 0.15) is 5.65 Å². The number of aromatic nitrogens is 3. The van der Waals surface area contributed by atoms with Gasteiger partial charge in [0.2, 0.25) is 0 Å². The summed E-state index contributed by atoms with van der Waals surface area (Å²) in [7, 11) is 0. The minimum atomic E-state index is -0.195. The molecule has 96 valence electrons. The van der Waals surface area contributed by atoms with Gasteiger partial charge in [-0.1, -0.05) is 6.07 Å². The molecule has 0 saturated heterocycles. The van der Waals surface area contributed by atoms with Gasteiger partial charge in [0.15, 0.2) is 0 Å². The van der Waals surface area contributed by atoms with E-state index in [9.17, 15) is 0 Å². The molecule has 0 radical (unpaired) electrons. The Morgan fingerprint density at radius 3 is 2.63 bits per heavy atom. The number of nitrogens with two attached hydrogens (primary N) is 1. The molecule has 0 amide bonds. The lowest BCUT2D eigenvalue weighted by Crippen LogP contribution is -2.15. The van der Waals surface area contributed by atoms with Crippen LogP contribution < -0.4 is 5.73 Å². The van der Waals surface area contributed by atoms with E-state index in [0.717, 1.165) is 28.2 Å². The lowest BCUT2D eigenvalue weighted by molar-refractivity contribution is 0.802. The predicted molar refractivity (Wildman–Crippen MR) is 74.9 cm³/mol. The zero-order valence-corrected chi connectivity index (χ0v) is 11.0. The summed E-state index contributed by atoms with van der Waals surface area (Å²) in [6.07, 6.45) is 5.54. The lowest BCUT2D eigenvalue weighted by atomic mass is 10.0. The van der Waals surface area contributed by atoms with Crippen molar-refractivity contribution >= 4 is 5.65 Å². The number of imidazole rings is 1. The van der Waals surface area contributed by atoms with Crippen molar-refractivity contribution in [3.8, 4) is 0 Å². The number of pyridine rings is 2. The molecular weight excluding hydrogens is 236 g/mol. The minimum Gasteiger partial charge on any atom is -0.319 e. The first kappa shape index (κ1) is 11.9. The predicted octanol–water partition coefficient (Wildman–Crippen LogP) is 2.39. The number of hydrogen-bond acceptors (Lipinski definition) is 3. The van der Waals surface area contributed by atoms with E-state index in [-0.39, 0.29) is 6.04 Å². The third-order valence-corrected chi connectivity index (χ3v) is 3.43. The molecule has 4 nitrogen and oxygen atoms in total. The van der Waals surface area contributed by atoms with E-state index < -0.39 is 0 Å². The molecule has 0 aromatic carbocycles. The number of rotatable bonds is 2. The lowest BCUT2D eigenvalue weighted by Gasteiger charge is -2.13. The highest BCUT2D eigenvalue weighted by Crippen LogP contribution is 2.24. The highest BCUT2D eigenvalue weighted by Gasteiger charge is 2.18. The normalized spacial score (nSPS) is 12.8. The molecule has 3 aromatic rings. The van der Waals surface area contributed by atoms with Crippen molar-refractivity contribution in [1.82, 2.24) is 14.4 Å². The van der Waals surface area contributed by atoms with Crippen molar-refractivity contribution in [3.63, 3.8) is 0 Å². The van der Waals surface area contributed by atoms with Crippen LogP contribution in [0, 0.1) is 13.8 Å². The van der Waals surface area contributed by atoms with Crippen LogP contribution >= 0.6 is 0 Å². The highest BCUT2D eigenvalue weighted by molar-refractivity contribution is 5.51. The third-order valence-electron chi connectivity index (χ3n) is 3.43. The summed E-state index contributed by atoms with van der Waals surface area (Å²) in [4.78, 5) is 8.66. The number of nitrogens with zero attached hydrogens (tertiary/aromatic N) is 3. The van der Waals surface area contributed by atoms with Gasteiger partial charge in [0.25, 0.3) is 0 Å². The van der Waals surface area contributed by atoms with E-state index in [1.807, 2.05) is 31.3 Å². The molecule has 0 spiro atoms. The Labute approximate surface area is 111 Å². The highest BCUT2D eigenvalue weighted by atomic mass is 15.0. The van der Waals surface area contributed by atoms with Crippen LogP contribution in [0.4, 0.5) is 0 Å². The minimum absolute atomic E-state index is 0.195. The van der Waals surface area contributed by atoms with Crippen molar-refractivity contribution in [2.45, 2.75) is 19.9 Å². The maximum atomic E-state index is 6.39. The third kappa shape index (κ3) is 1.90. The molecule has 0 fully saturated rings. The van der Waals surface area contributed by atoms with Gasteiger partial charge < -0.3 is 10.1 Å². The Balaban J connectivity index is 2.20. The number of hydrogen-bond donors (Lipinski definition) is 1. The summed E-state index contributed by atoms with van der Waals surface area (Å²) in [6.45, 7) is 4.06. The molecule has 1 atom stereocenters. The first-order valence-corrected chi connectivity index (χ1v) is 6.28. The van der Waals surface area contributed by atoms with Gasteiger partial charge in [-0.25, -0.2) is 4.98 Å². The van der Waals surface area contributed by atoms with Gasteiger partial charge in [-0.15, -0.1) is 0 Å². The van der Waals surface area contributed by atoms with E-state index in [1.165, 1.54) is 0 Å². The van der Waals surface area contributed by atoms with E-state index in [1.54, 1.807) is 12.4 Å². The Morgan fingerprint density at radius 1 is 1.16 bits per heavy atom. The fraction of sp³-hybridized carbons (Fsp3) is 0.200. The SMILES string of the molecule is Cc1nc2c(C)cccn2c1C(N)c1ccncc1. The van der Waals surface area contributed by atoms with Crippen LogP contribution in [0.15, 0.2) is 42.9 Å². The summed E-state index contributed by atoms with van der Waals surface area (Å²) in [5.41, 5.74) is 11.6. The summed E-state index contributed by atoms with van der Waals surface area (Å²) < 4.78 is 2.08. The van der Waals surface area contributed by atoms with E-state index in [2.05, 4.69) is 27.4 Å². The monoisotopic (exact) mass is 252 g/mol. The second-order valence-corrected chi connectivity index (χ2v) is 4.73. The molecule has 0 bridgehead atoms. The maximum Gasteiger partial charge on any atom is 0.140 e. The second kappa shape index (κ2) is 4.48. The first-order valence-electron chi connectivity index (χ1n) is 6.28. The molecule has 3 heterocycles. The molecular formula is C15H16N4. The smallest absolute Gasteiger partial charge is 0.140 e. The Kier molecular flexibility index (Phi) is 2.80. The van der Waals surface area contributed by atoms with Crippen LogP contribution in [-0.2, 0) is 0 Å².